The van der Waals surface area contributed by atoms with Gasteiger partial charge in [0.15, 0.2) is 0 Å². The number of hydrogen-bond acceptors (Lipinski definition) is 4. The van der Waals surface area contributed by atoms with Gasteiger partial charge in [0, 0.05) is 32.1 Å². The van der Waals surface area contributed by atoms with Crippen molar-refractivity contribution in [3.8, 4) is 11.8 Å². The fourth-order valence-electron chi connectivity index (χ4n) is 7.88. The first kappa shape index (κ1) is 52.8. The van der Waals surface area contributed by atoms with E-state index in [1.807, 2.05) is 32.0 Å². The number of carbonyl (C=O) groups is 2. The average Bonchev–Trinajstić information content (AvgIpc) is 3.25. The molecule has 0 N–H and O–H groups in total. The van der Waals surface area contributed by atoms with Crippen LogP contribution in [0.15, 0.2) is 46.4 Å². The number of rotatable bonds is 36. The van der Waals surface area contributed by atoms with Gasteiger partial charge in [-0.3, -0.25) is 14.6 Å². The highest BCUT2D eigenvalue weighted by atomic mass is 16.1. The van der Waals surface area contributed by atoms with Crippen molar-refractivity contribution in [3.05, 3.63) is 58.7 Å². The van der Waals surface area contributed by atoms with E-state index in [1.165, 1.54) is 146 Å². The molecule has 0 radical (unpaired) electrons. The summed E-state index contributed by atoms with van der Waals surface area (Å²) in [5.74, 6) is 7.46. The van der Waals surface area contributed by atoms with Crippen LogP contribution in [-0.4, -0.2) is 23.0 Å². The van der Waals surface area contributed by atoms with Gasteiger partial charge in [-0.1, -0.05) is 188 Å². The zero-order chi connectivity index (χ0) is 43.5. The molecule has 0 heterocycles. The lowest BCUT2D eigenvalue weighted by Gasteiger charge is -2.12. The Kier molecular flexibility index (Phi) is 31.1. The molecule has 0 fully saturated rings. The van der Waals surface area contributed by atoms with E-state index in [9.17, 15) is 9.59 Å². The Bertz CT molecular complexity index is 1560. The van der Waals surface area contributed by atoms with Crippen molar-refractivity contribution in [1.29, 1.82) is 0 Å². The van der Waals surface area contributed by atoms with E-state index in [0.717, 1.165) is 78.9 Å². The summed E-state index contributed by atoms with van der Waals surface area (Å²) in [7, 11) is 0. The molecule has 0 saturated heterocycles. The van der Waals surface area contributed by atoms with Gasteiger partial charge in [0.2, 0.25) is 0 Å². The van der Waals surface area contributed by atoms with Gasteiger partial charge < -0.3 is 0 Å². The molecule has 0 atom stereocenters. The first-order valence-electron chi connectivity index (χ1n) is 25.3. The molecule has 4 nitrogen and oxygen atoms in total. The van der Waals surface area contributed by atoms with E-state index < -0.39 is 0 Å². The van der Waals surface area contributed by atoms with Crippen molar-refractivity contribution < 1.29 is 9.59 Å². The molecular weight excluding hydrogens is 733 g/mol. The zero-order valence-corrected chi connectivity index (χ0v) is 39.8. The van der Waals surface area contributed by atoms with Crippen LogP contribution in [0.25, 0.3) is 0 Å². The fraction of sp³-hybridized carbons (Fsp3) is 0.679. The summed E-state index contributed by atoms with van der Waals surface area (Å²) in [6.07, 6.45) is 36.5. The van der Waals surface area contributed by atoms with Gasteiger partial charge in [-0.15, -0.1) is 0 Å². The maximum absolute atomic E-state index is 12.7. The molecule has 0 bridgehead atoms. The molecule has 0 spiro atoms. The number of Topliss-reactive ketones (excluding diaryl/α,β-unsaturated/α-hetero) is 2. The SMILES string of the molecule is CCCCCCCCCCCCCCCCCCC#CC(=Nc1cc(CCCCC)cc(CCCCC)c1)C(CCCC)=Nc1ccc(CC(=O)CC)c(CC(=O)CC)c1. The second-order valence-electron chi connectivity index (χ2n) is 17.5. The van der Waals surface area contributed by atoms with Crippen molar-refractivity contribution in [3.63, 3.8) is 0 Å². The largest absolute Gasteiger partial charge is 0.299 e. The van der Waals surface area contributed by atoms with Crippen molar-refractivity contribution in [2.75, 3.05) is 0 Å². The van der Waals surface area contributed by atoms with Gasteiger partial charge in [-0.05, 0) is 97.4 Å². The van der Waals surface area contributed by atoms with Crippen LogP contribution in [0.3, 0.4) is 0 Å². The number of aryl methyl sites for hydroxylation is 2. The van der Waals surface area contributed by atoms with Gasteiger partial charge in [-0.25, -0.2) is 4.99 Å². The molecular formula is C56H88N2O2. The molecule has 0 unspecified atom stereocenters. The van der Waals surface area contributed by atoms with Gasteiger partial charge in [-0.2, -0.15) is 0 Å². The minimum atomic E-state index is 0.170. The van der Waals surface area contributed by atoms with Crippen LogP contribution in [0.4, 0.5) is 11.4 Å². The van der Waals surface area contributed by atoms with E-state index in [4.69, 9.17) is 9.98 Å². The minimum Gasteiger partial charge on any atom is -0.299 e. The highest BCUT2D eigenvalue weighted by Crippen LogP contribution is 2.25. The van der Waals surface area contributed by atoms with Crippen molar-refractivity contribution in [1.82, 2.24) is 0 Å². The number of hydrogen-bond donors (Lipinski definition) is 0. The van der Waals surface area contributed by atoms with Crippen LogP contribution >= 0.6 is 0 Å². The Morgan fingerprint density at radius 1 is 0.467 bits per heavy atom. The second-order valence-corrected chi connectivity index (χ2v) is 17.5. The normalized spacial score (nSPS) is 11.8. The zero-order valence-electron chi connectivity index (χ0n) is 39.8. The Labute approximate surface area is 370 Å². The summed E-state index contributed by atoms with van der Waals surface area (Å²) in [6, 6.07) is 13.0. The summed E-state index contributed by atoms with van der Waals surface area (Å²) >= 11 is 0. The van der Waals surface area contributed by atoms with E-state index in [2.05, 4.69) is 57.7 Å². The molecule has 0 aliphatic heterocycles. The Morgan fingerprint density at radius 2 is 0.933 bits per heavy atom. The smallest absolute Gasteiger partial charge is 0.137 e. The topological polar surface area (TPSA) is 58.9 Å². The second kappa shape index (κ2) is 35.3. The molecule has 0 amide bonds. The predicted molar refractivity (Wildman–Crippen MR) is 263 cm³/mol. The number of nitrogens with zero attached hydrogens (tertiary/aromatic N) is 2. The van der Waals surface area contributed by atoms with Crippen LogP contribution in [0, 0.1) is 11.8 Å². The summed E-state index contributed by atoms with van der Waals surface area (Å²) < 4.78 is 0. The van der Waals surface area contributed by atoms with E-state index in [-0.39, 0.29) is 11.6 Å². The summed E-state index contributed by atoms with van der Waals surface area (Å²) in [6.45, 7) is 12.8. The highest BCUT2D eigenvalue weighted by molar-refractivity contribution is 6.49. The van der Waals surface area contributed by atoms with E-state index >= 15 is 0 Å². The third kappa shape index (κ3) is 24.8. The predicted octanol–water partition coefficient (Wildman–Crippen LogP) is 16.9. The Balaban J connectivity index is 2.30. The standard InChI is InChI=1S/C56H88N2O2/c1-7-13-17-18-19-20-21-22-23-24-25-26-27-28-29-30-31-34-38-56(58-52-42-47(35-32-14-8-2)41-48(43-52)36-33-15-9-3)55(37-16-10-4)57-51-40-39-49(45-53(59)11-5)50(44-51)46-54(60)12-6/h39-44H,7-33,35-37,45-46H2,1-6H3. The van der Waals surface area contributed by atoms with E-state index in [0.29, 0.717) is 25.7 Å². The van der Waals surface area contributed by atoms with Gasteiger partial charge in [0.05, 0.1) is 17.1 Å². The molecule has 4 heteroatoms. The lowest BCUT2D eigenvalue weighted by atomic mass is 9.96. The van der Waals surface area contributed by atoms with Crippen LogP contribution in [0.2, 0.25) is 0 Å². The molecule has 0 aliphatic rings. The number of benzene rings is 2. The quantitative estimate of drug-likeness (QED) is 0.0390. The third-order valence-corrected chi connectivity index (χ3v) is 11.8. The molecule has 2 aromatic rings. The van der Waals surface area contributed by atoms with Gasteiger partial charge >= 0.3 is 0 Å². The molecule has 2 aromatic carbocycles. The minimum absolute atomic E-state index is 0.170. The lowest BCUT2D eigenvalue weighted by Crippen LogP contribution is -2.13. The van der Waals surface area contributed by atoms with Crippen LogP contribution in [0.1, 0.15) is 244 Å². The number of carbonyl (C=O) groups excluding carboxylic acids is 2. The number of unbranched alkanes of at least 4 members (excludes halogenated alkanes) is 21. The molecule has 334 valence electrons. The maximum Gasteiger partial charge on any atom is 0.137 e. The van der Waals surface area contributed by atoms with Gasteiger partial charge in [0.25, 0.3) is 0 Å². The molecule has 2 rings (SSSR count). The monoisotopic (exact) mass is 821 g/mol. The highest BCUT2D eigenvalue weighted by Gasteiger charge is 2.14. The van der Waals surface area contributed by atoms with Gasteiger partial charge in [0.1, 0.15) is 17.3 Å². The molecule has 0 saturated carbocycles. The summed E-state index contributed by atoms with van der Waals surface area (Å²) in [4.78, 5) is 35.8. The van der Waals surface area contributed by atoms with Crippen LogP contribution in [-0.2, 0) is 35.3 Å². The van der Waals surface area contributed by atoms with Crippen molar-refractivity contribution in [2.24, 2.45) is 9.98 Å². The third-order valence-electron chi connectivity index (χ3n) is 11.8. The molecule has 60 heavy (non-hydrogen) atoms. The fourth-order valence-corrected chi connectivity index (χ4v) is 7.88. The van der Waals surface area contributed by atoms with Crippen molar-refractivity contribution in [2.45, 2.75) is 247 Å². The maximum atomic E-state index is 12.7. The average molecular weight is 821 g/mol. The first-order valence-corrected chi connectivity index (χ1v) is 25.3. The molecule has 0 aliphatic carbocycles. The van der Waals surface area contributed by atoms with Crippen LogP contribution < -0.4 is 0 Å². The van der Waals surface area contributed by atoms with E-state index in [1.54, 1.807) is 0 Å². The van der Waals surface area contributed by atoms with Crippen LogP contribution in [0.5, 0.6) is 0 Å². The summed E-state index contributed by atoms with van der Waals surface area (Å²) in [5.41, 5.74) is 8.02. The lowest BCUT2D eigenvalue weighted by molar-refractivity contribution is -0.119. The van der Waals surface area contributed by atoms with Crippen molar-refractivity contribution >= 4 is 34.4 Å². The first-order chi connectivity index (χ1) is 29.4. The number of ketones is 2. The molecule has 0 aromatic heterocycles. The number of aliphatic imine (C=N–C) groups is 2. The Morgan fingerprint density at radius 3 is 1.43 bits per heavy atom. The Hall–Kier alpha value is -3.32. The summed E-state index contributed by atoms with van der Waals surface area (Å²) in [5, 5.41) is 0.